The van der Waals surface area contributed by atoms with Gasteiger partial charge in [0.15, 0.2) is 9.84 Å². The first-order valence-electron chi connectivity index (χ1n) is 5.59. The van der Waals surface area contributed by atoms with Crippen LogP contribution in [0, 0.1) is 6.92 Å². The minimum Gasteiger partial charge on any atom is -0.346 e. The Morgan fingerprint density at radius 3 is 2.65 bits per heavy atom. The van der Waals surface area contributed by atoms with Gasteiger partial charge in [-0.3, -0.25) is 0 Å². The Kier molecular flexibility index (Phi) is 3.15. The Morgan fingerprint density at radius 1 is 1.35 bits per heavy atom. The average molecular weight is 275 g/mol. The molecule has 1 fully saturated rings. The molecule has 2 heterocycles. The van der Waals surface area contributed by atoms with E-state index in [9.17, 15) is 8.42 Å². The highest BCUT2D eigenvalue weighted by Gasteiger charge is 2.37. The van der Waals surface area contributed by atoms with Crippen LogP contribution in [0.25, 0.3) is 0 Å². The van der Waals surface area contributed by atoms with E-state index < -0.39 is 14.6 Å². The van der Waals surface area contributed by atoms with E-state index in [2.05, 4.69) is 9.36 Å². The number of anilines is 1. The number of hydrogen-bond acceptors (Lipinski definition) is 6. The van der Waals surface area contributed by atoms with Crippen LogP contribution >= 0.6 is 11.5 Å². The molecule has 1 aromatic rings. The zero-order valence-corrected chi connectivity index (χ0v) is 11.9. The van der Waals surface area contributed by atoms with E-state index in [4.69, 9.17) is 0 Å². The second kappa shape index (κ2) is 4.20. The van der Waals surface area contributed by atoms with Crippen LogP contribution in [-0.4, -0.2) is 41.4 Å². The first-order valence-corrected chi connectivity index (χ1v) is 8.02. The summed E-state index contributed by atoms with van der Waals surface area (Å²) in [5.74, 6) is 0.940. The van der Waals surface area contributed by atoms with Crippen molar-refractivity contribution in [2.45, 2.75) is 31.9 Å². The van der Waals surface area contributed by atoms with Gasteiger partial charge < -0.3 is 4.90 Å². The van der Waals surface area contributed by atoms with Crippen molar-refractivity contribution >= 4 is 26.5 Å². The summed E-state index contributed by atoms with van der Waals surface area (Å²) in [6.45, 7) is 6.69. The topological polar surface area (TPSA) is 63.2 Å². The standard InChI is InChI=1S/C10H17N3O2S2/c1-8-11-9(16-12-8)13-5-4-10(2,3)17(14,15)7-6-13/h4-7H2,1-3H3. The molecule has 1 saturated heterocycles. The lowest BCUT2D eigenvalue weighted by Gasteiger charge is -2.22. The van der Waals surface area contributed by atoms with Gasteiger partial charge in [0.1, 0.15) is 5.82 Å². The summed E-state index contributed by atoms with van der Waals surface area (Å²) in [5, 5.41) is 0.829. The number of nitrogens with zero attached hydrogens (tertiary/aromatic N) is 3. The monoisotopic (exact) mass is 275 g/mol. The van der Waals surface area contributed by atoms with Crippen LogP contribution in [0.15, 0.2) is 0 Å². The highest BCUT2D eigenvalue weighted by atomic mass is 32.2. The predicted molar refractivity (Wildman–Crippen MR) is 69.3 cm³/mol. The molecule has 0 atom stereocenters. The molecule has 1 aliphatic heterocycles. The highest BCUT2D eigenvalue weighted by Crippen LogP contribution is 2.28. The summed E-state index contributed by atoms with van der Waals surface area (Å²) in [7, 11) is -3.02. The van der Waals surface area contributed by atoms with Gasteiger partial charge in [-0.15, -0.1) is 0 Å². The first kappa shape index (κ1) is 12.8. The van der Waals surface area contributed by atoms with Crippen LogP contribution in [0.5, 0.6) is 0 Å². The SMILES string of the molecule is Cc1nsc(N2CCC(C)(C)S(=O)(=O)CC2)n1. The third-order valence-electron chi connectivity index (χ3n) is 3.24. The number of sulfone groups is 1. The van der Waals surface area contributed by atoms with Gasteiger partial charge in [0.25, 0.3) is 0 Å². The number of aromatic nitrogens is 2. The van der Waals surface area contributed by atoms with Crippen molar-refractivity contribution in [1.82, 2.24) is 9.36 Å². The molecule has 96 valence electrons. The van der Waals surface area contributed by atoms with E-state index in [1.54, 1.807) is 13.8 Å². The molecule has 1 aromatic heterocycles. The van der Waals surface area contributed by atoms with Crippen LogP contribution in [0.1, 0.15) is 26.1 Å². The molecule has 0 unspecified atom stereocenters. The van der Waals surface area contributed by atoms with Gasteiger partial charge in [-0.05, 0) is 27.2 Å². The second-order valence-electron chi connectivity index (χ2n) is 4.94. The lowest BCUT2D eigenvalue weighted by Crippen LogP contribution is -2.33. The lowest BCUT2D eigenvalue weighted by molar-refractivity contribution is 0.538. The zero-order chi connectivity index (χ0) is 12.7. The van der Waals surface area contributed by atoms with Crippen molar-refractivity contribution in [2.24, 2.45) is 0 Å². The number of hydrogen-bond donors (Lipinski definition) is 0. The van der Waals surface area contributed by atoms with Gasteiger partial charge in [-0.2, -0.15) is 4.37 Å². The molecule has 0 radical (unpaired) electrons. The Balaban J connectivity index is 2.21. The maximum atomic E-state index is 12.0. The van der Waals surface area contributed by atoms with Gasteiger partial charge in [0.2, 0.25) is 5.13 Å². The fraction of sp³-hybridized carbons (Fsp3) is 0.800. The van der Waals surface area contributed by atoms with Crippen LogP contribution in [0.3, 0.4) is 0 Å². The Bertz CT molecular complexity index is 507. The zero-order valence-electron chi connectivity index (χ0n) is 10.3. The fourth-order valence-electron chi connectivity index (χ4n) is 1.78. The molecule has 0 aromatic carbocycles. The molecular formula is C10H17N3O2S2. The van der Waals surface area contributed by atoms with Gasteiger partial charge in [-0.1, -0.05) is 0 Å². The third kappa shape index (κ3) is 2.44. The van der Waals surface area contributed by atoms with Crippen molar-refractivity contribution in [3.8, 4) is 0 Å². The molecule has 0 amide bonds. The van der Waals surface area contributed by atoms with E-state index in [1.165, 1.54) is 11.5 Å². The molecule has 0 saturated carbocycles. The summed E-state index contributed by atoms with van der Waals surface area (Å²) in [6.07, 6.45) is 0.633. The number of rotatable bonds is 1. The van der Waals surface area contributed by atoms with E-state index in [0.717, 1.165) is 17.5 Å². The quantitative estimate of drug-likeness (QED) is 0.772. The van der Waals surface area contributed by atoms with Crippen LogP contribution in [-0.2, 0) is 9.84 Å². The predicted octanol–water partition coefficient (Wildman–Crippen LogP) is 1.25. The molecule has 0 aliphatic carbocycles. The maximum Gasteiger partial charge on any atom is 0.205 e. The Labute approximate surface area is 106 Å². The molecule has 1 aliphatic rings. The second-order valence-corrected chi connectivity index (χ2v) is 8.41. The van der Waals surface area contributed by atoms with Crippen LogP contribution < -0.4 is 4.90 Å². The van der Waals surface area contributed by atoms with Crippen molar-refractivity contribution in [3.05, 3.63) is 5.82 Å². The van der Waals surface area contributed by atoms with Crippen LogP contribution in [0.2, 0.25) is 0 Å². The van der Waals surface area contributed by atoms with Crippen molar-refractivity contribution in [2.75, 3.05) is 23.7 Å². The lowest BCUT2D eigenvalue weighted by atomic mass is 10.1. The molecule has 17 heavy (non-hydrogen) atoms. The Hall–Kier alpha value is -0.690. The average Bonchev–Trinajstić information content (AvgIpc) is 2.60. The molecule has 0 spiro atoms. The summed E-state index contributed by atoms with van der Waals surface area (Å²) < 4.78 is 27.6. The van der Waals surface area contributed by atoms with Gasteiger partial charge in [-0.25, -0.2) is 13.4 Å². The van der Waals surface area contributed by atoms with Crippen molar-refractivity contribution < 1.29 is 8.42 Å². The summed E-state index contributed by atoms with van der Waals surface area (Å²) in [4.78, 5) is 6.33. The summed E-state index contributed by atoms with van der Waals surface area (Å²) in [6, 6.07) is 0. The fourth-order valence-corrected chi connectivity index (χ4v) is 3.93. The van der Waals surface area contributed by atoms with Crippen molar-refractivity contribution in [3.63, 3.8) is 0 Å². The molecule has 5 nitrogen and oxygen atoms in total. The largest absolute Gasteiger partial charge is 0.346 e. The van der Waals surface area contributed by atoms with E-state index in [-0.39, 0.29) is 5.75 Å². The van der Waals surface area contributed by atoms with Crippen molar-refractivity contribution in [1.29, 1.82) is 0 Å². The van der Waals surface area contributed by atoms with Crippen LogP contribution in [0.4, 0.5) is 5.13 Å². The smallest absolute Gasteiger partial charge is 0.205 e. The first-order chi connectivity index (χ1) is 7.82. The van der Waals surface area contributed by atoms with E-state index >= 15 is 0 Å². The summed E-state index contributed by atoms with van der Waals surface area (Å²) in [5.41, 5.74) is 0. The molecular weight excluding hydrogens is 258 g/mol. The van der Waals surface area contributed by atoms with E-state index in [1.807, 2.05) is 11.8 Å². The molecule has 7 heteroatoms. The van der Waals surface area contributed by atoms with Gasteiger partial charge in [0.05, 0.1) is 10.5 Å². The third-order valence-corrected chi connectivity index (χ3v) is 6.72. The van der Waals surface area contributed by atoms with E-state index in [0.29, 0.717) is 13.0 Å². The number of aryl methyl sites for hydroxylation is 1. The van der Waals surface area contributed by atoms with Gasteiger partial charge >= 0.3 is 0 Å². The Morgan fingerprint density at radius 2 is 2.06 bits per heavy atom. The maximum absolute atomic E-state index is 12.0. The molecule has 2 rings (SSSR count). The highest BCUT2D eigenvalue weighted by molar-refractivity contribution is 7.92. The molecule has 0 bridgehead atoms. The minimum absolute atomic E-state index is 0.193. The van der Waals surface area contributed by atoms with Gasteiger partial charge in [0, 0.05) is 24.6 Å². The normalized spacial score (nSPS) is 23.4. The molecule has 0 N–H and O–H groups in total. The minimum atomic E-state index is -3.02. The summed E-state index contributed by atoms with van der Waals surface area (Å²) >= 11 is 1.34.